The maximum Gasteiger partial charge on any atom is 0.151 e. The Bertz CT molecular complexity index is 544. The highest BCUT2D eigenvalue weighted by molar-refractivity contribution is 5.22. The van der Waals surface area contributed by atoms with Crippen molar-refractivity contribution in [2.24, 2.45) is 9.98 Å². The summed E-state index contributed by atoms with van der Waals surface area (Å²) >= 11 is 0. The molecule has 0 saturated heterocycles. The van der Waals surface area contributed by atoms with Gasteiger partial charge >= 0.3 is 0 Å². The van der Waals surface area contributed by atoms with Crippen LogP contribution >= 0.6 is 0 Å². The first-order valence-electron chi connectivity index (χ1n) is 7.04. The molecule has 1 saturated carbocycles. The van der Waals surface area contributed by atoms with E-state index < -0.39 is 0 Å². The van der Waals surface area contributed by atoms with Gasteiger partial charge in [0.1, 0.15) is 5.75 Å². The van der Waals surface area contributed by atoms with Crippen molar-refractivity contribution in [1.82, 2.24) is 0 Å². The van der Waals surface area contributed by atoms with E-state index in [1.165, 1.54) is 19.3 Å². The molecule has 2 aliphatic rings. The van der Waals surface area contributed by atoms with Crippen molar-refractivity contribution in [2.45, 2.75) is 51.1 Å². The number of benzene rings is 1. The topological polar surface area (TPSA) is 34.0 Å². The number of hydrogen-bond acceptors (Lipinski definition) is 3. The van der Waals surface area contributed by atoms with Crippen LogP contribution < -0.4 is 15.5 Å². The summed E-state index contributed by atoms with van der Waals surface area (Å²) in [6.45, 7) is 2.88. The highest BCUT2D eigenvalue weighted by Crippen LogP contribution is 2.33. The van der Waals surface area contributed by atoms with Crippen molar-refractivity contribution in [3.63, 3.8) is 0 Å². The van der Waals surface area contributed by atoms with Gasteiger partial charge in [-0.25, -0.2) is 0 Å². The minimum Gasteiger partial charge on any atom is -0.494 e. The fourth-order valence-electron chi connectivity index (χ4n) is 2.81. The molecule has 1 aromatic carbocycles. The van der Waals surface area contributed by atoms with Crippen molar-refractivity contribution in [3.8, 4) is 5.75 Å². The third-order valence-corrected chi connectivity index (χ3v) is 3.73. The summed E-state index contributed by atoms with van der Waals surface area (Å²) in [4.78, 5) is 9.71. The Hall–Kier alpha value is -1.38. The first kappa shape index (κ1) is 11.7. The fourth-order valence-corrected chi connectivity index (χ4v) is 2.81. The van der Waals surface area contributed by atoms with Gasteiger partial charge in [-0.3, -0.25) is 9.98 Å². The number of rotatable bonds is 3. The zero-order valence-corrected chi connectivity index (χ0v) is 11.0. The molecular weight excluding hydrogens is 224 g/mol. The summed E-state index contributed by atoms with van der Waals surface area (Å²) in [6, 6.07) is 6.10. The lowest BCUT2D eigenvalue weighted by molar-refractivity contribution is 0.308. The molecule has 1 aliphatic carbocycles. The molecule has 3 heteroatoms. The molecule has 0 aromatic heterocycles. The van der Waals surface area contributed by atoms with Crippen molar-refractivity contribution < 1.29 is 4.74 Å². The monoisotopic (exact) mass is 244 g/mol. The molecule has 1 aliphatic heterocycles. The summed E-state index contributed by atoms with van der Waals surface area (Å²) < 4.78 is 5.65. The van der Waals surface area contributed by atoms with Crippen LogP contribution in [0.25, 0.3) is 0 Å². The van der Waals surface area contributed by atoms with Gasteiger partial charge in [0.25, 0.3) is 0 Å². The highest BCUT2D eigenvalue weighted by Gasteiger charge is 2.32. The van der Waals surface area contributed by atoms with Crippen molar-refractivity contribution >= 4 is 0 Å². The second-order valence-corrected chi connectivity index (χ2v) is 5.27. The Morgan fingerprint density at radius 2 is 1.89 bits per heavy atom. The number of nitrogens with zero attached hydrogens (tertiary/aromatic N) is 2. The summed E-state index contributed by atoms with van der Waals surface area (Å²) in [5, 5.41) is 2.06. The molecule has 0 unspecified atom stereocenters. The van der Waals surface area contributed by atoms with Crippen molar-refractivity contribution in [2.75, 3.05) is 6.61 Å². The summed E-state index contributed by atoms with van der Waals surface area (Å²) in [5.41, 5.74) is -0.135. The second-order valence-electron chi connectivity index (χ2n) is 5.27. The molecule has 0 amide bonds. The Kier molecular flexibility index (Phi) is 3.06. The standard InChI is InChI=1S/C15H20N2O/c1-2-10-18-12-6-7-13-14(11-12)17-15(16-13)8-4-3-5-9-15/h6-7,11H,2-5,8-10H2,1H3. The third-order valence-electron chi connectivity index (χ3n) is 3.73. The zero-order chi connectivity index (χ0) is 12.4. The summed E-state index contributed by atoms with van der Waals surface area (Å²) in [5.74, 6) is 0.919. The predicted molar refractivity (Wildman–Crippen MR) is 70.4 cm³/mol. The molecule has 3 rings (SSSR count). The molecule has 0 bridgehead atoms. The zero-order valence-electron chi connectivity index (χ0n) is 11.0. The molecule has 1 spiro atoms. The lowest BCUT2D eigenvalue weighted by atomic mass is 9.90. The number of ether oxygens (including phenoxy) is 1. The van der Waals surface area contributed by atoms with Crippen LogP contribution in [0.1, 0.15) is 45.4 Å². The van der Waals surface area contributed by atoms with Gasteiger partial charge in [-0.1, -0.05) is 13.3 Å². The van der Waals surface area contributed by atoms with E-state index in [1.54, 1.807) is 0 Å². The van der Waals surface area contributed by atoms with Crippen LogP contribution in [0, 0.1) is 0 Å². The van der Waals surface area contributed by atoms with Gasteiger partial charge < -0.3 is 4.74 Å². The number of fused-ring (bicyclic) bond motifs is 1. The molecule has 1 aromatic rings. The molecule has 1 heterocycles. The lowest BCUT2D eigenvalue weighted by Crippen LogP contribution is -2.25. The van der Waals surface area contributed by atoms with Crippen LogP contribution in [0.2, 0.25) is 0 Å². The fraction of sp³-hybridized carbons (Fsp3) is 0.600. The van der Waals surface area contributed by atoms with E-state index in [4.69, 9.17) is 14.7 Å². The van der Waals surface area contributed by atoms with Gasteiger partial charge in [0, 0.05) is 6.07 Å². The molecule has 3 nitrogen and oxygen atoms in total. The van der Waals surface area contributed by atoms with Gasteiger partial charge in [0.15, 0.2) is 5.66 Å². The van der Waals surface area contributed by atoms with Gasteiger partial charge in [0.2, 0.25) is 0 Å². The first-order valence-corrected chi connectivity index (χ1v) is 7.04. The van der Waals surface area contributed by atoms with Crippen LogP contribution in [-0.4, -0.2) is 12.3 Å². The molecule has 1 fully saturated rings. The smallest absolute Gasteiger partial charge is 0.151 e. The van der Waals surface area contributed by atoms with Gasteiger partial charge in [-0.15, -0.1) is 0 Å². The van der Waals surface area contributed by atoms with Crippen LogP contribution in [0.3, 0.4) is 0 Å². The minimum absolute atomic E-state index is 0.135. The van der Waals surface area contributed by atoms with E-state index in [9.17, 15) is 0 Å². The van der Waals surface area contributed by atoms with E-state index >= 15 is 0 Å². The average Bonchev–Trinajstić information content (AvgIpc) is 2.73. The molecule has 0 atom stereocenters. The summed E-state index contributed by atoms with van der Waals surface area (Å²) in [6.07, 6.45) is 7.07. The SMILES string of the molecule is CCCOc1ccc2c(c1)=NC1(CCCCC1)N=2. The molecule has 96 valence electrons. The van der Waals surface area contributed by atoms with Gasteiger partial charge in [-0.2, -0.15) is 0 Å². The lowest BCUT2D eigenvalue weighted by Gasteiger charge is -2.27. The molecule has 0 N–H and O–H groups in total. The molecular formula is C15H20N2O. The van der Waals surface area contributed by atoms with Gasteiger partial charge in [-0.05, 0) is 44.2 Å². The Morgan fingerprint density at radius 1 is 1.11 bits per heavy atom. The predicted octanol–water partition coefficient (Wildman–Crippen LogP) is 2.39. The maximum absolute atomic E-state index is 5.65. The van der Waals surface area contributed by atoms with E-state index in [0.29, 0.717) is 0 Å². The minimum atomic E-state index is -0.135. The highest BCUT2D eigenvalue weighted by atomic mass is 16.5. The quantitative estimate of drug-likeness (QED) is 0.803. The summed E-state index contributed by atoms with van der Waals surface area (Å²) in [7, 11) is 0. The Morgan fingerprint density at radius 3 is 2.67 bits per heavy atom. The van der Waals surface area contributed by atoms with Crippen LogP contribution in [0.5, 0.6) is 5.75 Å². The van der Waals surface area contributed by atoms with Gasteiger partial charge in [0.05, 0.1) is 17.3 Å². The average molecular weight is 244 g/mol. The first-order chi connectivity index (χ1) is 8.81. The molecule has 0 radical (unpaired) electrons. The normalized spacial score (nSPS) is 20.1. The van der Waals surface area contributed by atoms with Crippen LogP contribution in [0.15, 0.2) is 28.2 Å². The van der Waals surface area contributed by atoms with Crippen LogP contribution in [-0.2, 0) is 0 Å². The van der Waals surface area contributed by atoms with E-state index in [0.717, 1.165) is 42.3 Å². The van der Waals surface area contributed by atoms with Crippen molar-refractivity contribution in [3.05, 3.63) is 28.9 Å². The third kappa shape index (κ3) is 2.14. The second kappa shape index (κ2) is 4.71. The number of hydrogen-bond donors (Lipinski definition) is 0. The van der Waals surface area contributed by atoms with Crippen LogP contribution in [0.4, 0.5) is 0 Å². The van der Waals surface area contributed by atoms with E-state index in [-0.39, 0.29) is 5.66 Å². The largest absolute Gasteiger partial charge is 0.494 e. The van der Waals surface area contributed by atoms with E-state index in [2.05, 4.69) is 6.92 Å². The molecule has 18 heavy (non-hydrogen) atoms. The maximum atomic E-state index is 5.65. The Balaban J connectivity index is 1.91. The van der Waals surface area contributed by atoms with E-state index in [1.807, 2.05) is 18.2 Å². The van der Waals surface area contributed by atoms with Crippen molar-refractivity contribution in [1.29, 1.82) is 0 Å². The Labute approximate surface area is 108 Å².